The van der Waals surface area contributed by atoms with Crippen molar-refractivity contribution in [3.05, 3.63) is 28.5 Å². The van der Waals surface area contributed by atoms with Crippen LogP contribution in [0.5, 0.6) is 0 Å². The molecule has 1 unspecified atom stereocenters. The Morgan fingerprint density at radius 2 is 2.35 bits per heavy atom. The summed E-state index contributed by atoms with van der Waals surface area (Å²) in [5, 5.41) is 3.43. The molecule has 1 saturated heterocycles. The molecule has 0 saturated carbocycles. The fourth-order valence-electron chi connectivity index (χ4n) is 2.52. The summed E-state index contributed by atoms with van der Waals surface area (Å²) in [4.78, 5) is 18.7. The zero-order valence-electron chi connectivity index (χ0n) is 12.3. The van der Waals surface area contributed by atoms with Crippen LogP contribution < -0.4 is 5.32 Å². The van der Waals surface area contributed by atoms with Gasteiger partial charge >= 0.3 is 0 Å². The molecule has 5 heteroatoms. The molecule has 0 radical (unpaired) electrons. The number of carbonyl (C=O) groups excluding carboxylic acids is 1. The lowest BCUT2D eigenvalue weighted by atomic mass is 10.1. The van der Waals surface area contributed by atoms with Gasteiger partial charge in [-0.3, -0.25) is 9.78 Å². The average Bonchev–Trinajstić information content (AvgIpc) is 2.85. The molecule has 4 nitrogen and oxygen atoms in total. The lowest BCUT2D eigenvalue weighted by Crippen LogP contribution is -2.33. The van der Waals surface area contributed by atoms with Gasteiger partial charge in [-0.05, 0) is 45.7 Å². The predicted octanol–water partition coefficient (Wildman–Crippen LogP) is 2.50. The Bertz CT molecular complexity index is 490. The van der Waals surface area contributed by atoms with E-state index < -0.39 is 0 Å². The van der Waals surface area contributed by atoms with Crippen molar-refractivity contribution < 1.29 is 4.79 Å². The first-order valence-corrected chi connectivity index (χ1v) is 7.49. The van der Waals surface area contributed by atoms with E-state index in [0.717, 1.165) is 25.2 Å². The number of carbonyl (C=O) groups is 1. The molecular weight excluding hydrogens is 274 g/mol. The third-order valence-electron chi connectivity index (χ3n) is 3.83. The van der Waals surface area contributed by atoms with E-state index in [0.29, 0.717) is 29.1 Å². The van der Waals surface area contributed by atoms with Crippen molar-refractivity contribution in [2.24, 2.45) is 5.92 Å². The number of rotatable bonds is 4. The van der Waals surface area contributed by atoms with E-state index in [1.54, 1.807) is 12.3 Å². The summed E-state index contributed by atoms with van der Waals surface area (Å²) in [5.41, 5.74) is 1.27. The number of hydrogen-bond donors (Lipinski definition) is 1. The second-order valence-corrected chi connectivity index (χ2v) is 6.17. The minimum Gasteiger partial charge on any atom is -0.352 e. The van der Waals surface area contributed by atoms with Crippen LogP contribution in [0, 0.1) is 12.8 Å². The summed E-state index contributed by atoms with van der Waals surface area (Å²) in [7, 11) is 0. The highest BCUT2D eigenvalue weighted by atomic mass is 35.5. The number of hydrogen-bond acceptors (Lipinski definition) is 3. The highest BCUT2D eigenvalue weighted by molar-refractivity contribution is 6.33. The number of aromatic nitrogens is 1. The summed E-state index contributed by atoms with van der Waals surface area (Å²) in [6.45, 7) is 9.14. The summed E-state index contributed by atoms with van der Waals surface area (Å²) in [5.74, 6) is 0.393. The van der Waals surface area contributed by atoms with Gasteiger partial charge in [0.05, 0.1) is 10.6 Å². The maximum absolute atomic E-state index is 12.1. The molecule has 0 bridgehead atoms. The van der Waals surface area contributed by atoms with E-state index >= 15 is 0 Å². The van der Waals surface area contributed by atoms with Gasteiger partial charge in [-0.1, -0.05) is 11.6 Å². The summed E-state index contributed by atoms with van der Waals surface area (Å²) in [6, 6.07) is 2.29. The van der Waals surface area contributed by atoms with Crippen LogP contribution in [0.1, 0.15) is 36.3 Å². The van der Waals surface area contributed by atoms with Crippen molar-refractivity contribution in [1.29, 1.82) is 0 Å². The predicted molar refractivity (Wildman–Crippen MR) is 81.1 cm³/mol. The summed E-state index contributed by atoms with van der Waals surface area (Å²) < 4.78 is 0. The van der Waals surface area contributed by atoms with Gasteiger partial charge in [0, 0.05) is 31.0 Å². The molecule has 1 aliphatic rings. The number of pyridine rings is 1. The van der Waals surface area contributed by atoms with E-state index in [1.165, 1.54) is 0 Å². The second kappa shape index (κ2) is 6.55. The standard InChI is InChI=1S/C15H22ClN3O/c1-10(2)19-5-4-12(9-19)7-18-15(20)13-8-17-11(3)6-14(13)16/h6,8,10,12H,4-5,7,9H2,1-3H3,(H,18,20). The van der Waals surface area contributed by atoms with Crippen LogP contribution in [0.15, 0.2) is 12.3 Å². The molecule has 0 aromatic carbocycles. The van der Waals surface area contributed by atoms with Crippen molar-refractivity contribution in [2.45, 2.75) is 33.2 Å². The van der Waals surface area contributed by atoms with E-state index in [9.17, 15) is 4.79 Å². The van der Waals surface area contributed by atoms with E-state index in [4.69, 9.17) is 11.6 Å². The first-order valence-electron chi connectivity index (χ1n) is 7.11. The molecule has 1 atom stereocenters. The average molecular weight is 296 g/mol. The minimum absolute atomic E-state index is 0.134. The molecule has 2 heterocycles. The minimum atomic E-state index is -0.134. The number of nitrogens with one attached hydrogen (secondary N) is 1. The molecule has 1 aromatic rings. The fourth-order valence-corrected chi connectivity index (χ4v) is 2.82. The van der Waals surface area contributed by atoms with Gasteiger partial charge in [-0.15, -0.1) is 0 Å². The molecule has 1 aromatic heterocycles. The van der Waals surface area contributed by atoms with E-state index in [1.807, 2.05) is 6.92 Å². The van der Waals surface area contributed by atoms with Crippen LogP contribution in [0.3, 0.4) is 0 Å². The highest BCUT2D eigenvalue weighted by Crippen LogP contribution is 2.19. The normalized spacial score (nSPS) is 19.6. The van der Waals surface area contributed by atoms with Gasteiger partial charge in [0.15, 0.2) is 0 Å². The highest BCUT2D eigenvalue weighted by Gasteiger charge is 2.24. The van der Waals surface area contributed by atoms with Crippen LogP contribution in [0.2, 0.25) is 5.02 Å². The molecule has 1 N–H and O–H groups in total. The topological polar surface area (TPSA) is 45.2 Å². The molecule has 110 valence electrons. The van der Waals surface area contributed by atoms with Gasteiger partial charge in [0.2, 0.25) is 0 Å². The Kier molecular flexibility index (Phi) is 5.00. The zero-order valence-corrected chi connectivity index (χ0v) is 13.1. The lowest BCUT2D eigenvalue weighted by molar-refractivity contribution is 0.0947. The van der Waals surface area contributed by atoms with Gasteiger partial charge in [0.1, 0.15) is 0 Å². The van der Waals surface area contributed by atoms with Crippen molar-refractivity contribution in [3.63, 3.8) is 0 Å². The molecule has 20 heavy (non-hydrogen) atoms. The Hall–Kier alpha value is -1.13. The van der Waals surface area contributed by atoms with Crippen LogP contribution in [0.4, 0.5) is 0 Å². The molecule has 1 fully saturated rings. The Balaban J connectivity index is 1.87. The van der Waals surface area contributed by atoms with Gasteiger partial charge in [0.25, 0.3) is 5.91 Å². The fraction of sp³-hybridized carbons (Fsp3) is 0.600. The third kappa shape index (κ3) is 3.70. The first kappa shape index (κ1) is 15.3. The molecule has 1 amide bonds. The van der Waals surface area contributed by atoms with Gasteiger partial charge < -0.3 is 10.2 Å². The molecule has 0 aliphatic carbocycles. The van der Waals surface area contributed by atoms with Crippen LogP contribution in [0.25, 0.3) is 0 Å². The smallest absolute Gasteiger partial charge is 0.254 e. The van der Waals surface area contributed by atoms with Crippen molar-refractivity contribution >= 4 is 17.5 Å². The van der Waals surface area contributed by atoms with Crippen LogP contribution in [-0.4, -0.2) is 41.5 Å². The SMILES string of the molecule is Cc1cc(Cl)c(C(=O)NCC2CCN(C(C)C)C2)cn1. The summed E-state index contributed by atoms with van der Waals surface area (Å²) in [6.07, 6.45) is 2.68. The van der Waals surface area contributed by atoms with Crippen LogP contribution >= 0.6 is 11.6 Å². The molecule has 1 aliphatic heterocycles. The second-order valence-electron chi connectivity index (χ2n) is 5.76. The zero-order chi connectivity index (χ0) is 14.7. The molecular formula is C15H22ClN3O. The first-order chi connectivity index (χ1) is 9.47. The van der Waals surface area contributed by atoms with E-state index in [2.05, 4.69) is 29.0 Å². The van der Waals surface area contributed by atoms with Crippen LogP contribution in [-0.2, 0) is 0 Å². The maximum atomic E-state index is 12.1. The summed E-state index contributed by atoms with van der Waals surface area (Å²) >= 11 is 6.08. The Morgan fingerprint density at radius 3 is 2.95 bits per heavy atom. The Labute approximate surface area is 125 Å². The quantitative estimate of drug-likeness (QED) is 0.928. The number of halogens is 1. The number of nitrogens with zero attached hydrogens (tertiary/aromatic N) is 2. The number of likely N-dealkylation sites (tertiary alicyclic amines) is 1. The van der Waals surface area contributed by atoms with Crippen molar-refractivity contribution in [2.75, 3.05) is 19.6 Å². The van der Waals surface area contributed by atoms with Crippen molar-refractivity contribution in [3.8, 4) is 0 Å². The third-order valence-corrected chi connectivity index (χ3v) is 4.15. The number of amides is 1. The Morgan fingerprint density at radius 1 is 1.60 bits per heavy atom. The lowest BCUT2D eigenvalue weighted by Gasteiger charge is -2.20. The number of aryl methyl sites for hydroxylation is 1. The molecule has 2 rings (SSSR count). The monoisotopic (exact) mass is 295 g/mol. The largest absolute Gasteiger partial charge is 0.352 e. The molecule has 0 spiro atoms. The van der Waals surface area contributed by atoms with Gasteiger partial charge in [-0.2, -0.15) is 0 Å². The van der Waals surface area contributed by atoms with E-state index in [-0.39, 0.29) is 5.91 Å². The van der Waals surface area contributed by atoms with Crippen molar-refractivity contribution in [1.82, 2.24) is 15.2 Å². The maximum Gasteiger partial charge on any atom is 0.254 e. The van der Waals surface area contributed by atoms with Gasteiger partial charge in [-0.25, -0.2) is 0 Å².